The fourth-order valence-corrected chi connectivity index (χ4v) is 3.56. The van der Waals surface area contributed by atoms with Gasteiger partial charge in [-0.3, -0.25) is 4.90 Å². The summed E-state index contributed by atoms with van der Waals surface area (Å²) >= 11 is 0. The zero-order chi connectivity index (χ0) is 20.5. The van der Waals surface area contributed by atoms with E-state index in [9.17, 15) is 5.11 Å². The number of rotatable bonds is 12. The summed E-state index contributed by atoms with van der Waals surface area (Å²) in [7, 11) is 3.26. The molecule has 0 amide bonds. The monoisotopic (exact) mass is 405 g/mol. The number of aliphatic hydroxyl groups excluding tert-OH is 1. The van der Waals surface area contributed by atoms with E-state index in [1.54, 1.807) is 20.5 Å². The van der Waals surface area contributed by atoms with Crippen LogP contribution in [0.15, 0.2) is 41.0 Å². The Bertz CT molecular complexity index is 714. The maximum absolute atomic E-state index is 10.5. The van der Waals surface area contributed by atoms with Crippen LogP contribution in [0.3, 0.4) is 0 Å². The molecule has 1 fully saturated rings. The quantitative estimate of drug-likeness (QED) is 0.582. The van der Waals surface area contributed by atoms with Gasteiger partial charge >= 0.3 is 0 Å². The van der Waals surface area contributed by atoms with E-state index in [4.69, 9.17) is 23.4 Å². The minimum absolute atomic E-state index is 0.200. The van der Waals surface area contributed by atoms with E-state index in [0.29, 0.717) is 31.2 Å². The van der Waals surface area contributed by atoms with Crippen LogP contribution in [0.25, 0.3) is 0 Å². The Hall–Kier alpha value is -2.06. The molecular weight excluding hydrogens is 374 g/mol. The van der Waals surface area contributed by atoms with Gasteiger partial charge in [0.1, 0.15) is 12.4 Å². The molecule has 1 aromatic heterocycles. The lowest BCUT2D eigenvalue weighted by molar-refractivity contribution is -0.00636. The molecule has 2 aromatic rings. The highest BCUT2D eigenvalue weighted by atomic mass is 16.5. The molecule has 0 saturated carbocycles. The first-order valence-corrected chi connectivity index (χ1v) is 10.0. The second-order valence-electron chi connectivity index (χ2n) is 7.27. The molecule has 0 unspecified atom stereocenters. The van der Waals surface area contributed by atoms with Crippen molar-refractivity contribution in [2.45, 2.75) is 38.2 Å². The number of nitrogens with zero attached hydrogens (tertiary/aromatic N) is 1. The van der Waals surface area contributed by atoms with Gasteiger partial charge in [0.05, 0.1) is 39.3 Å². The minimum atomic E-state index is -0.605. The van der Waals surface area contributed by atoms with Crippen molar-refractivity contribution >= 4 is 0 Å². The molecule has 0 bridgehead atoms. The SMILES string of the molecule is COc1ccc(CN(C[C@H](O)COCc2ccco2)C[C@@H]2CCCO2)cc1OC. The standard InChI is InChI=1S/C22H31NO6/c1-25-21-8-7-17(11-22(21)26-2)12-23(14-19-5-3-9-28-19)13-18(24)15-27-16-20-6-4-10-29-20/h4,6-8,10-11,18-19,24H,3,5,9,12-16H2,1-2H3/t18-,19-/m0/s1. The molecule has 1 aliphatic heterocycles. The van der Waals surface area contributed by atoms with Crippen LogP contribution in [0, 0.1) is 0 Å². The van der Waals surface area contributed by atoms with E-state index in [1.165, 1.54) is 0 Å². The Balaban J connectivity index is 1.57. The van der Waals surface area contributed by atoms with Crippen LogP contribution in [0.2, 0.25) is 0 Å². The van der Waals surface area contributed by atoms with Gasteiger partial charge in [-0.15, -0.1) is 0 Å². The summed E-state index contributed by atoms with van der Waals surface area (Å²) in [6.45, 7) is 3.34. The first kappa shape index (κ1) is 21.6. The van der Waals surface area contributed by atoms with Gasteiger partial charge in [-0.25, -0.2) is 0 Å². The normalized spacial score (nSPS) is 17.6. The molecule has 1 saturated heterocycles. The molecule has 3 rings (SSSR count). The minimum Gasteiger partial charge on any atom is -0.493 e. The number of hydrogen-bond donors (Lipinski definition) is 1. The Labute approximate surface area is 172 Å². The summed E-state index contributed by atoms with van der Waals surface area (Å²) in [6, 6.07) is 9.57. The second kappa shape index (κ2) is 11.2. The number of ether oxygens (including phenoxy) is 4. The van der Waals surface area contributed by atoms with Gasteiger partial charge in [0.15, 0.2) is 11.5 Å². The largest absolute Gasteiger partial charge is 0.493 e. The zero-order valence-corrected chi connectivity index (χ0v) is 17.2. The highest BCUT2D eigenvalue weighted by molar-refractivity contribution is 5.42. The fourth-order valence-electron chi connectivity index (χ4n) is 3.56. The number of methoxy groups -OCH3 is 2. The van der Waals surface area contributed by atoms with E-state index < -0.39 is 6.10 Å². The molecule has 1 N–H and O–H groups in total. The lowest BCUT2D eigenvalue weighted by atomic mass is 10.1. The molecule has 7 nitrogen and oxygen atoms in total. The number of furan rings is 1. The maximum atomic E-state index is 10.5. The molecule has 0 aliphatic carbocycles. The van der Waals surface area contributed by atoms with E-state index in [-0.39, 0.29) is 12.7 Å². The van der Waals surface area contributed by atoms with Crippen molar-refractivity contribution in [2.24, 2.45) is 0 Å². The molecular formula is C22H31NO6. The predicted octanol–water partition coefficient (Wildman–Crippen LogP) is 2.86. The number of aliphatic hydroxyl groups is 1. The van der Waals surface area contributed by atoms with Crippen molar-refractivity contribution in [3.05, 3.63) is 47.9 Å². The molecule has 29 heavy (non-hydrogen) atoms. The molecule has 0 radical (unpaired) electrons. The lowest BCUT2D eigenvalue weighted by Crippen LogP contribution is -2.39. The molecule has 2 atom stereocenters. The van der Waals surface area contributed by atoms with Gasteiger partial charge in [-0.2, -0.15) is 0 Å². The van der Waals surface area contributed by atoms with E-state index in [2.05, 4.69) is 4.90 Å². The van der Waals surface area contributed by atoms with Crippen LogP contribution in [-0.2, 0) is 22.6 Å². The van der Waals surface area contributed by atoms with Gasteiger partial charge in [-0.05, 0) is 42.7 Å². The van der Waals surface area contributed by atoms with Crippen molar-refractivity contribution in [2.75, 3.05) is 40.5 Å². The summed E-state index contributed by atoms with van der Waals surface area (Å²) in [4.78, 5) is 2.21. The molecule has 0 spiro atoms. The molecule has 2 heterocycles. The third kappa shape index (κ3) is 6.75. The fraction of sp³-hybridized carbons (Fsp3) is 0.545. The smallest absolute Gasteiger partial charge is 0.161 e. The lowest BCUT2D eigenvalue weighted by Gasteiger charge is -2.27. The highest BCUT2D eigenvalue weighted by Gasteiger charge is 2.22. The van der Waals surface area contributed by atoms with Crippen LogP contribution in [0.5, 0.6) is 11.5 Å². The number of hydrogen-bond acceptors (Lipinski definition) is 7. The Morgan fingerprint density at radius 1 is 1.21 bits per heavy atom. The summed E-state index contributed by atoms with van der Waals surface area (Å²) in [6.07, 6.45) is 3.34. The van der Waals surface area contributed by atoms with E-state index in [1.807, 2.05) is 30.3 Å². The molecule has 1 aromatic carbocycles. The van der Waals surface area contributed by atoms with Crippen molar-refractivity contribution in [3.8, 4) is 11.5 Å². The highest BCUT2D eigenvalue weighted by Crippen LogP contribution is 2.28. The van der Waals surface area contributed by atoms with E-state index in [0.717, 1.165) is 37.3 Å². The van der Waals surface area contributed by atoms with Crippen molar-refractivity contribution < 1.29 is 28.5 Å². The van der Waals surface area contributed by atoms with Crippen LogP contribution < -0.4 is 9.47 Å². The Morgan fingerprint density at radius 2 is 2.07 bits per heavy atom. The van der Waals surface area contributed by atoms with Gasteiger partial charge in [0, 0.05) is 26.2 Å². The van der Waals surface area contributed by atoms with Crippen LogP contribution in [0.4, 0.5) is 0 Å². The first-order valence-electron chi connectivity index (χ1n) is 10.0. The second-order valence-corrected chi connectivity index (χ2v) is 7.27. The number of benzene rings is 1. The Morgan fingerprint density at radius 3 is 2.76 bits per heavy atom. The summed E-state index contributed by atoms with van der Waals surface area (Å²) < 4.78 is 27.4. The van der Waals surface area contributed by atoms with Crippen LogP contribution in [-0.4, -0.2) is 62.7 Å². The maximum Gasteiger partial charge on any atom is 0.161 e. The summed E-state index contributed by atoms with van der Waals surface area (Å²) in [5, 5.41) is 10.5. The molecule has 7 heteroatoms. The van der Waals surface area contributed by atoms with Crippen LogP contribution in [0.1, 0.15) is 24.2 Å². The topological polar surface area (TPSA) is 73.5 Å². The van der Waals surface area contributed by atoms with Crippen molar-refractivity contribution in [1.82, 2.24) is 4.90 Å². The third-order valence-corrected chi connectivity index (χ3v) is 4.94. The molecule has 1 aliphatic rings. The van der Waals surface area contributed by atoms with Crippen molar-refractivity contribution in [3.63, 3.8) is 0 Å². The zero-order valence-electron chi connectivity index (χ0n) is 17.2. The van der Waals surface area contributed by atoms with Gasteiger partial charge in [0.2, 0.25) is 0 Å². The Kier molecular flexibility index (Phi) is 8.37. The summed E-state index contributed by atoms with van der Waals surface area (Å²) in [5.41, 5.74) is 1.09. The van der Waals surface area contributed by atoms with E-state index >= 15 is 0 Å². The summed E-state index contributed by atoms with van der Waals surface area (Å²) in [5.74, 6) is 2.15. The average Bonchev–Trinajstić information content (AvgIpc) is 3.42. The molecule has 160 valence electrons. The van der Waals surface area contributed by atoms with Crippen LogP contribution >= 0.6 is 0 Å². The average molecular weight is 405 g/mol. The third-order valence-electron chi connectivity index (χ3n) is 4.94. The van der Waals surface area contributed by atoms with Gasteiger partial charge < -0.3 is 28.5 Å². The van der Waals surface area contributed by atoms with Crippen molar-refractivity contribution in [1.29, 1.82) is 0 Å². The first-order chi connectivity index (χ1) is 14.2. The predicted molar refractivity (Wildman–Crippen MR) is 108 cm³/mol. The van der Waals surface area contributed by atoms with Gasteiger partial charge in [0.25, 0.3) is 0 Å². The van der Waals surface area contributed by atoms with Gasteiger partial charge in [-0.1, -0.05) is 6.07 Å².